The molecule has 1 fully saturated rings. The van der Waals surface area contributed by atoms with Crippen molar-refractivity contribution >= 4 is 44.8 Å². The Morgan fingerprint density at radius 3 is 2.69 bits per heavy atom. The second kappa shape index (κ2) is 6.97. The van der Waals surface area contributed by atoms with Crippen molar-refractivity contribution in [1.29, 1.82) is 0 Å². The number of thiazole rings is 1. The van der Waals surface area contributed by atoms with Crippen molar-refractivity contribution in [2.75, 3.05) is 18.0 Å². The van der Waals surface area contributed by atoms with E-state index in [1.54, 1.807) is 22.6 Å². The summed E-state index contributed by atoms with van der Waals surface area (Å²) >= 11 is 1.31. The summed E-state index contributed by atoms with van der Waals surface area (Å²) < 4.78 is 2.14. The van der Waals surface area contributed by atoms with Gasteiger partial charge in [0.2, 0.25) is 0 Å². The van der Waals surface area contributed by atoms with Crippen molar-refractivity contribution in [3.8, 4) is 0 Å². The van der Waals surface area contributed by atoms with Gasteiger partial charge in [-0.15, -0.1) is 0 Å². The summed E-state index contributed by atoms with van der Waals surface area (Å²) in [5.74, 6) is 0. The first-order valence-corrected chi connectivity index (χ1v) is 10.4. The van der Waals surface area contributed by atoms with Gasteiger partial charge < -0.3 is 4.90 Å². The van der Waals surface area contributed by atoms with Gasteiger partial charge in [-0.1, -0.05) is 23.5 Å². The Morgan fingerprint density at radius 1 is 1.10 bits per heavy atom. The van der Waals surface area contributed by atoms with Crippen molar-refractivity contribution in [2.45, 2.75) is 19.3 Å². The molecule has 1 saturated heterocycles. The smallest absolute Gasteiger partial charge is 0.274 e. The van der Waals surface area contributed by atoms with Crippen molar-refractivity contribution in [2.24, 2.45) is 0 Å². The number of fused-ring (bicyclic) bond motifs is 3. The van der Waals surface area contributed by atoms with Crippen LogP contribution in [0.5, 0.6) is 0 Å². The summed E-state index contributed by atoms with van der Waals surface area (Å²) in [5.41, 5.74) is 3.08. The average Bonchev–Trinajstić information content (AvgIpc) is 3.25. The molecular formula is C21H18N4O3S. The molecule has 3 heterocycles. The van der Waals surface area contributed by atoms with Crippen LogP contribution in [0.15, 0.2) is 47.3 Å². The number of anilines is 1. The highest BCUT2D eigenvalue weighted by Gasteiger charge is 2.18. The molecule has 29 heavy (non-hydrogen) atoms. The molecule has 4 aromatic rings. The molecule has 0 spiro atoms. The standard InChI is InChI=1S/C21H18N4O3S/c26-20-19(29-21-22-16-6-2-3-7-18(16)24(20)21)13-14-12-15(25(27)28)8-9-17(14)23-10-4-1-5-11-23/h2-3,6-9,12-13H,1,4-5,10-11H2/b19-13+. The topological polar surface area (TPSA) is 80.8 Å². The van der Waals surface area contributed by atoms with Crippen molar-refractivity contribution < 1.29 is 4.92 Å². The summed E-state index contributed by atoms with van der Waals surface area (Å²) in [6, 6.07) is 12.4. The number of nitro groups is 1. The zero-order valence-electron chi connectivity index (χ0n) is 15.6. The fourth-order valence-corrected chi connectivity index (χ4v) is 4.92. The van der Waals surface area contributed by atoms with E-state index in [2.05, 4.69) is 9.88 Å². The van der Waals surface area contributed by atoms with E-state index in [-0.39, 0.29) is 11.2 Å². The predicted molar refractivity (Wildman–Crippen MR) is 115 cm³/mol. The van der Waals surface area contributed by atoms with Crippen LogP contribution < -0.4 is 15.0 Å². The maximum absolute atomic E-state index is 13.1. The molecule has 0 atom stereocenters. The third-order valence-electron chi connectivity index (χ3n) is 5.35. The Labute approximate surface area is 169 Å². The van der Waals surface area contributed by atoms with Crippen molar-refractivity contribution in [3.05, 3.63) is 73.0 Å². The Bertz CT molecular complexity index is 1350. The third kappa shape index (κ3) is 3.05. The van der Waals surface area contributed by atoms with Gasteiger partial charge in [-0.05, 0) is 43.5 Å². The lowest BCUT2D eigenvalue weighted by Gasteiger charge is -2.30. The predicted octanol–water partition coefficient (Wildman–Crippen LogP) is 3.36. The number of imidazole rings is 1. The van der Waals surface area contributed by atoms with Crippen LogP contribution in [0.25, 0.3) is 22.1 Å². The summed E-state index contributed by atoms with van der Waals surface area (Å²) in [7, 11) is 0. The zero-order valence-corrected chi connectivity index (χ0v) is 16.4. The van der Waals surface area contributed by atoms with Gasteiger partial charge in [-0.2, -0.15) is 0 Å². The van der Waals surface area contributed by atoms with Crippen LogP contribution in [-0.4, -0.2) is 27.4 Å². The normalized spacial score (nSPS) is 15.4. The van der Waals surface area contributed by atoms with Crippen molar-refractivity contribution in [1.82, 2.24) is 9.38 Å². The SMILES string of the molecule is O=c1/c(=C\c2cc([N+](=O)[O-])ccc2N2CCCCC2)sc2nc3ccccc3n12. The third-order valence-corrected chi connectivity index (χ3v) is 6.32. The van der Waals surface area contributed by atoms with Crippen LogP contribution in [0.1, 0.15) is 24.8 Å². The molecule has 1 aliphatic rings. The molecule has 0 amide bonds. The number of non-ortho nitro benzene ring substituents is 1. The molecule has 8 heteroatoms. The van der Waals surface area contributed by atoms with Gasteiger partial charge in [-0.25, -0.2) is 9.38 Å². The van der Waals surface area contributed by atoms with E-state index < -0.39 is 4.92 Å². The Morgan fingerprint density at radius 2 is 1.90 bits per heavy atom. The first kappa shape index (κ1) is 17.8. The molecule has 0 saturated carbocycles. The van der Waals surface area contributed by atoms with Crippen LogP contribution in [0.3, 0.4) is 0 Å². The minimum atomic E-state index is -0.399. The summed E-state index contributed by atoms with van der Waals surface area (Å²) in [4.78, 5) is 31.4. The van der Waals surface area contributed by atoms with Gasteiger partial charge in [0.15, 0.2) is 4.96 Å². The van der Waals surface area contributed by atoms with E-state index in [4.69, 9.17) is 0 Å². The monoisotopic (exact) mass is 406 g/mol. The van der Waals surface area contributed by atoms with E-state index in [1.165, 1.54) is 23.8 Å². The number of nitro benzene ring substituents is 1. The van der Waals surface area contributed by atoms with Gasteiger partial charge in [-0.3, -0.25) is 14.9 Å². The molecule has 0 radical (unpaired) electrons. The number of hydrogen-bond donors (Lipinski definition) is 0. The van der Waals surface area contributed by atoms with Crippen molar-refractivity contribution in [3.63, 3.8) is 0 Å². The molecule has 2 aromatic carbocycles. The Balaban J connectivity index is 1.71. The quantitative estimate of drug-likeness (QED) is 0.385. The minimum absolute atomic E-state index is 0.0243. The molecule has 5 rings (SSSR count). The van der Waals surface area contributed by atoms with Crippen LogP contribution in [0.2, 0.25) is 0 Å². The van der Waals surface area contributed by atoms with Crippen LogP contribution >= 0.6 is 11.3 Å². The van der Waals surface area contributed by atoms with E-state index >= 15 is 0 Å². The van der Waals surface area contributed by atoms with Gasteiger partial charge in [0.1, 0.15) is 0 Å². The van der Waals surface area contributed by atoms with Crippen LogP contribution in [0, 0.1) is 10.1 Å². The van der Waals surface area contributed by atoms with Gasteiger partial charge in [0.25, 0.3) is 11.2 Å². The highest BCUT2D eigenvalue weighted by molar-refractivity contribution is 7.15. The Kier molecular flexibility index (Phi) is 4.28. The number of para-hydroxylation sites is 2. The van der Waals surface area contributed by atoms with Gasteiger partial charge in [0, 0.05) is 36.5 Å². The molecule has 0 bridgehead atoms. The Hall–Kier alpha value is -3.26. The summed E-state index contributed by atoms with van der Waals surface area (Å²) in [6.45, 7) is 1.84. The molecule has 1 aliphatic heterocycles. The minimum Gasteiger partial charge on any atom is -0.371 e. The number of piperidine rings is 1. The van der Waals surface area contributed by atoms with Crippen LogP contribution in [0.4, 0.5) is 11.4 Å². The lowest BCUT2D eigenvalue weighted by atomic mass is 10.1. The van der Waals surface area contributed by atoms with Gasteiger partial charge in [0.05, 0.1) is 20.5 Å². The fourth-order valence-electron chi connectivity index (χ4n) is 3.95. The lowest BCUT2D eigenvalue weighted by Crippen LogP contribution is -2.30. The first-order chi connectivity index (χ1) is 14.1. The van der Waals surface area contributed by atoms with E-state index in [0.717, 1.165) is 42.7 Å². The number of hydrogen-bond acceptors (Lipinski definition) is 6. The second-order valence-corrected chi connectivity index (χ2v) is 8.19. The first-order valence-electron chi connectivity index (χ1n) is 9.57. The maximum Gasteiger partial charge on any atom is 0.274 e. The van der Waals surface area contributed by atoms with Crippen LogP contribution in [-0.2, 0) is 0 Å². The highest BCUT2D eigenvalue weighted by atomic mass is 32.1. The lowest BCUT2D eigenvalue weighted by molar-refractivity contribution is -0.384. The number of benzene rings is 2. The van der Waals surface area contributed by atoms with Gasteiger partial charge >= 0.3 is 0 Å². The van der Waals surface area contributed by atoms with E-state index in [0.29, 0.717) is 15.1 Å². The molecule has 0 aliphatic carbocycles. The molecular weight excluding hydrogens is 388 g/mol. The summed E-state index contributed by atoms with van der Waals surface area (Å²) in [6.07, 6.45) is 5.17. The summed E-state index contributed by atoms with van der Waals surface area (Å²) in [5, 5.41) is 11.3. The molecule has 0 unspecified atom stereocenters. The maximum atomic E-state index is 13.1. The number of nitrogens with zero attached hydrogens (tertiary/aromatic N) is 4. The average molecular weight is 406 g/mol. The second-order valence-electron chi connectivity index (χ2n) is 7.18. The highest BCUT2D eigenvalue weighted by Crippen LogP contribution is 2.28. The largest absolute Gasteiger partial charge is 0.371 e. The number of aromatic nitrogens is 2. The van der Waals surface area contributed by atoms with E-state index in [9.17, 15) is 14.9 Å². The molecule has 2 aromatic heterocycles. The number of rotatable bonds is 3. The molecule has 146 valence electrons. The molecule has 7 nitrogen and oxygen atoms in total. The van der Waals surface area contributed by atoms with E-state index in [1.807, 2.05) is 24.3 Å². The molecule has 0 N–H and O–H groups in total. The zero-order chi connectivity index (χ0) is 20.0. The fraction of sp³-hybridized carbons (Fsp3) is 0.238.